The topological polar surface area (TPSA) is 29.1 Å². The second kappa shape index (κ2) is 4.72. The van der Waals surface area contributed by atoms with Crippen LogP contribution in [0, 0.1) is 0 Å². The summed E-state index contributed by atoms with van der Waals surface area (Å²) in [6, 6.07) is 12.7. The van der Waals surface area contributed by atoms with E-state index in [9.17, 15) is 4.79 Å². The lowest BCUT2D eigenvalue weighted by atomic mass is 10.1. The SMILES string of the molecule is O=C1/C(=C\c2ccc(Cl)c(Cl)c2)Nc2ccccc21. The number of fused-ring (bicyclic) bond motifs is 1. The van der Waals surface area contributed by atoms with E-state index in [-0.39, 0.29) is 5.78 Å². The van der Waals surface area contributed by atoms with Crippen molar-refractivity contribution in [2.24, 2.45) is 0 Å². The van der Waals surface area contributed by atoms with E-state index in [1.165, 1.54) is 0 Å². The maximum atomic E-state index is 12.2. The summed E-state index contributed by atoms with van der Waals surface area (Å²) in [4.78, 5) is 12.2. The van der Waals surface area contributed by atoms with Gasteiger partial charge < -0.3 is 5.32 Å². The molecule has 0 amide bonds. The maximum Gasteiger partial charge on any atom is 0.211 e. The molecule has 4 heteroatoms. The van der Waals surface area contributed by atoms with Gasteiger partial charge in [-0.05, 0) is 35.9 Å². The molecule has 1 aliphatic rings. The van der Waals surface area contributed by atoms with E-state index in [2.05, 4.69) is 5.32 Å². The predicted molar refractivity (Wildman–Crippen MR) is 78.8 cm³/mol. The number of ketones is 1. The molecular weight excluding hydrogens is 281 g/mol. The standard InChI is InChI=1S/C15H9Cl2NO/c16-11-6-5-9(7-12(11)17)8-14-15(19)10-3-1-2-4-13(10)18-14/h1-8,18H/b14-8+. The Kier molecular flexibility index (Phi) is 3.05. The van der Waals surface area contributed by atoms with Crippen LogP contribution in [0.5, 0.6) is 0 Å². The van der Waals surface area contributed by atoms with Gasteiger partial charge in [0.05, 0.1) is 15.7 Å². The molecule has 0 saturated heterocycles. The Morgan fingerprint density at radius 2 is 1.79 bits per heavy atom. The number of anilines is 1. The quantitative estimate of drug-likeness (QED) is 0.775. The normalized spacial score (nSPS) is 15.5. The van der Waals surface area contributed by atoms with Crippen molar-refractivity contribution in [2.75, 3.05) is 5.32 Å². The van der Waals surface area contributed by atoms with Crippen molar-refractivity contribution >= 4 is 40.7 Å². The van der Waals surface area contributed by atoms with Crippen molar-refractivity contribution in [3.63, 3.8) is 0 Å². The molecule has 1 aliphatic heterocycles. The summed E-state index contributed by atoms with van der Waals surface area (Å²) >= 11 is 11.8. The van der Waals surface area contributed by atoms with Gasteiger partial charge in [0, 0.05) is 11.3 Å². The van der Waals surface area contributed by atoms with Crippen molar-refractivity contribution in [3.8, 4) is 0 Å². The number of para-hydroxylation sites is 1. The maximum absolute atomic E-state index is 12.2. The first kappa shape index (κ1) is 12.3. The highest BCUT2D eigenvalue weighted by molar-refractivity contribution is 6.42. The van der Waals surface area contributed by atoms with E-state index in [0.717, 1.165) is 11.3 Å². The molecule has 0 saturated carbocycles. The van der Waals surface area contributed by atoms with Crippen LogP contribution in [0.25, 0.3) is 6.08 Å². The summed E-state index contributed by atoms with van der Waals surface area (Å²) in [6.07, 6.45) is 1.77. The number of carbonyl (C=O) groups is 1. The van der Waals surface area contributed by atoms with E-state index in [1.54, 1.807) is 24.3 Å². The van der Waals surface area contributed by atoms with E-state index in [4.69, 9.17) is 23.2 Å². The molecule has 0 spiro atoms. The van der Waals surface area contributed by atoms with Gasteiger partial charge >= 0.3 is 0 Å². The molecule has 1 heterocycles. The largest absolute Gasteiger partial charge is 0.352 e. The number of nitrogens with one attached hydrogen (secondary N) is 1. The number of Topliss-reactive ketones (excluding diaryl/α,β-unsaturated/α-hetero) is 1. The summed E-state index contributed by atoms with van der Waals surface area (Å²) in [7, 11) is 0. The van der Waals surface area contributed by atoms with Crippen LogP contribution in [0.3, 0.4) is 0 Å². The third kappa shape index (κ3) is 2.25. The third-order valence-corrected chi connectivity index (χ3v) is 3.68. The number of allylic oxidation sites excluding steroid dienone is 1. The van der Waals surface area contributed by atoms with Gasteiger partial charge in [-0.1, -0.05) is 41.4 Å². The molecule has 19 heavy (non-hydrogen) atoms. The molecule has 1 N–H and O–H groups in total. The molecule has 0 fully saturated rings. The molecule has 3 rings (SSSR count). The first-order chi connectivity index (χ1) is 9.15. The number of hydrogen-bond donors (Lipinski definition) is 1. The van der Waals surface area contributed by atoms with E-state index < -0.39 is 0 Å². The Morgan fingerprint density at radius 3 is 2.53 bits per heavy atom. The molecule has 2 aromatic carbocycles. The highest BCUT2D eigenvalue weighted by Gasteiger charge is 2.23. The summed E-state index contributed by atoms with van der Waals surface area (Å²) in [5, 5.41) is 4.07. The van der Waals surface area contributed by atoms with E-state index in [0.29, 0.717) is 21.3 Å². The Bertz CT molecular complexity index is 707. The van der Waals surface area contributed by atoms with Gasteiger partial charge in [0.15, 0.2) is 0 Å². The fourth-order valence-corrected chi connectivity index (χ4v) is 2.31. The Balaban J connectivity index is 1.98. The first-order valence-electron chi connectivity index (χ1n) is 5.72. The Hall–Kier alpha value is -1.77. The smallest absolute Gasteiger partial charge is 0.211 e. The molecule has 94 valence electrons. The second-order valence-electron chi connectivity index (χ2n) is 4.23. The molecule has 0 bridgehead atoms. The fourth-order valence-electron chi connectivity index (χ4n) is 2.01. The van der Waals surface area contributed by atoms with Crippen LogP contribution in [0.15, 0.2) is 48.2 Å². The fraction of sp³-hybridized carbons (Fsp3) is 0. The number of carbonyl (C=O) groups excluding carboxylic acids is 1. The highest BCUT2D eigenvalue weighted by atomic mass is 35.5. The number of rotatable bonds is 1. The second-order valence-corrected chi connectivity index (χ2v) is 5.05. The molecule has 2 aromatic rings. The van der Waals surface area contributed by atoms with Gasteiger partial charge in [-0.25, -0.2) is 0 Å². The van der Waals surface area contributed by atoms with Gasteiger partial charge in [-0.15, -0.1) is 0 Å². The zero-order valence-corrected chi connectivity index (χ0v) is 11.3. The lowest BCUT2D eigenvalue weighted by Gasteiger charge is -2.00. The summed E-state index contributed by atoms with van der Waals surface area (Å²) in [5.74, 6) is -0.0123. The van der Waals surface area contributed by atoms with Crippen molar-refractivity contribution in [2.45, 2.75) is 0 Å². The molecule has 0 radical (unpaired) electrons. The average molecular weight is 290 g/mol. The first-order valence-corrected chi connectivity index (χ1v) is 6.48. The molecular formula is C15H9Cl2NO. The number of hydrogen-bond acceptors (Lipinski definition) is 2. The minimum absolute atomic E-state index is 0.0123. The zero-order valence-electron chi connectivity index (χ0n) is 9.78. The van der Waals surface area contributed by atoms with E-state index in [1.807, 2.05) is 24.3 Å². The van der Waals surface area contributed by atoms with Gasteiger partial charge in [-0.3, -0.25) is 4.79 Å². The number of benzene rings is 2. The summed E-state index contributed by atoms with van der Waals surface area (Å²) in [5.41, 5.74) is 2.89. The van der Waals surface area contributed by atoms with Crippen LogP contribution in [-0.2, 0) is 0 Å². The van der Waals surface area contributed by atoms with Gasteiger partial charge in [0.2, 0.25) is 5.78 Å². The minimum atomic E-state index is -0.0123. The third-order valence-electron chi connectivity index (χ3n) is 2.94. The van der Waals surface area contributed by atoms with Gasteiger partial charge in [-0.2, -0.15) is 0 Å². The molecule has 0 atom stereocenters. The molecule has 2 nitrogen and oxygen atoms in total. The van der Waals surface area contributed by atoms with Crippen LogP contribution >= 0.6 is 23.2 Å². The van der Waals surface area contributed by atoms with Gasteiger partial charge in [0.1, 0.15) is 0 Å². The van der Waals surface area contributed by atoms with Crippen molar-refractivity contribution in [3.05, 3.63) is 69.3 Å². The average Bonchev–Trinajstić information content (AvgIpc) is 2.72. The summed E-state index contributed by atoms with van der Waals surface area (Å²) in [6.45, 7) is 0. The summed E-state index contributed by atoms with van der Waals surface area (Å²) < 4.78 is 0. The monoisotopic (exact) mass is 289 g/mol. The zero-order chi connectivity index (χ0) is 13.4. The lowest BCUT2D eigenvalue weighted by molar-refractivity contribution is 0.104. The van der Waals surface area contributed by atoms with Crippen LogP contribution in [0.4, 0.5) is 5.69 Å². The highest BCUT2D eigenvalue weighted by Crippen LogP contribution is 2.29. The predicted octanol–water partition coefficient (Wildman–Crippen LogP) is 4.64. The minimum Gasteiger partial charge on any atom is -0.352 e. The lowest BCUT2D eigenvalue weighted by Crippen LogP contribution is -1.99. The number of halogens is 2. The molecule has 0 unspecified atom stereocenters. The van der Waals surface area contributed by atoms with Gasteiger partial charge in [0.25, 0.3) is 0 Å². The van der Waals surface area contributed by atoms with Crippen molar-refractivity contribution in [1.82, 2.24) is 0 Å². The van der Waals surface area contributed by atoms with Crippen LogP contribution in [-0.4, -0.2) is 5.78 Å². The van der Waals surface area contributed by atoms with Crippen LogP contribution < -0.4 is 5.32 Å². The Morgan fingerprint density at radius 1 is 1.00 bits per heavy atom. The van der Waals surface area contributed by atoms with Crippen LogP contribution in [0.1, 0.15) is 15.9 Å². The van der Waals surface area contributed by atoms with Crippen LogP contribution in [0.2, 0.25) is 10.0 Å². The van der Waals surface area contributed by atoms with E-state index >= 15 is 0 Å². The molecule has 0 aliphatic carbocycles. The molecule has 0 aromatic heterocycles. The van der Waals surface area contributed by atoms with Crippen molar-refractivity contribution < 1.29 is 4.79 Å². The Labute approximate surface area is 120 Å². The van der Waals surface area contributed by atoms with Crippen molar-refractivity contribution in [1.29, 1.82) is 0 Å².